The topological polar surface area (TPSA) is 92.2 Å². The van der Waals surface area contributed by atoms with Crippen LogP contribution in [0.5, 0.6) is 0 Å². The first-order chi connectivity index (χ1) is 11.7. The van der Waals surface area contributed by atoms with Crippen LogP contribution in [0.25, 0.3) is 0 Å². The van der Waals surface area contributed by atoms with E-state index in [0.29, 0.717) is 16.9 Å². The van der Waals surface area contributed by atoms with Crippen LogP contribution in [0.15, 0.2) is 30.3 Å². The number of rotatable bonds is 3. The van der Waals surface area contributed by atoms with Gasteiger partial charge >= 0.3 is 6.03 Å². The maximum absolute atomic E-state index is 12.4. The van der Waals surface area contributed by atoms with Crippen molar-refractivity contribution in [1.82, 2.24) is 15.2 Å². The molecule has 0 aliphatic carbocycles. The van der Waals surface area contributed by atoms with E-state index in [9.17, 15) is 14.4 Å². The van der Waals surface area contributed by atoms with E-state index in [4.69, 9.17) is 23.2 Å². The lowest BCUT2D eigenvalue weighted by Crippen LogP contribution is -2.40. The molecular weight excluding hydrogens is 367 g/mol. The van der Waals surface area contributed by atoms with Crippen LogP contribution >= 0.6 is 23.2 Å². The molecule has 2 heterocycles. The molecule has 1 aromatic carbocycles. The molecule has 3 N–H and O–H groups in total. The van der Waals surface area contributed by atoms with Crippen LogP contribution in [0, 0.1) is 0 Å². The van der Waals surface area contributed by atoms with Gasteiger partial charge in [0.1, 0.15) is 16.4 Å². The standard InChI is InChI=1S/C16H14Cl2N4O3/c1-16(14(24)20-15(25)21-16)8-4-3-5-9(6-8)19-13(23)11-7-10(17)12(18)22(11)2/h3-7H,1-2H3,(H,19,23)(H2,20,21,24,25)/t16-/m1/s1. The summed E-state index contributed by atoms with van der Waals surface area (Å²) in [6, 6.07) is 7.57. The quantitative estimate of drug-likeness (QED) is 0.714. The highest BCUT2D eigenvalue weighted by atomic mass is 35.5. The van der Waals surface area contributed by atoms with Gasteiger partial charge in [0.15, 0.2) is 0 Å². The molecule has 7 nitrogen and oxygen atoms in total. The second kappa shape index (κ2) is 6.09. The summed E-state index contributed by atoms with van der Waals surface area (Å²) in [5, 5.41) is 8.04. The minimum absolute atomic E-state index is 0.262. The minimum atomic E-state index is -1.20. The monoisotopic (exact) mass is 380 g/mol. The molecule has 0 radical (unpaired) electrons. The highest BCUT2D eigenvalue weighted by Crippen LogP contribution is 2.28. The predicted octanol–water partition coefficient (Wildman–Crippen LogP) is 2.64. The Morgan fingerprint density at radius 2 is 1.96 bits per heavy atom. The normalized spacial score (nSPS) is 19.5. The van der Waals surface area contributed by atoms with Crippen molar-refractivity contribution in [3.8, 4) is 0 Å². The predicted molar refractivity (Wildman–Crippen MR) is 93.9 cm³/mol. The maximum Gasteiger partial charge on any atom is 0.322 e. The molecular formula is C16H14Cl2N4O3. The summed E-state index contributed by atoms with van der Waals surface area (Å²) >= 11 is 11.9. The molecule has 0 bridgehead atoms. The number of hydrogen-bond donors (Lipinski definition) is 3. The number of benzene rings is 1. The van der Waals surface area contributed by atoms with Crippen molar-refractivity contribution in [1.29, 1.82) is 0 Å². The second-order valence-corrected chi connectivity index (χ2v) is 6.56. The van der Waals surface area contributed by atoms with Crippen molar-refractivity contribution in [2.24, 2.45) is 7.05 Å². The van der Waals surface area contributed by atoms with Gasteiger partial charge in [-0.2, -0.15) is 0 Å². The Morgan fingerprint density at radius 1 is 1.24 bits per heavy atom. The van der Waals surface area contributed by atoms with Gasteiger partial charge in [-0.05, 0) is 30.7 Å². The number of imide groups is 1. The van der Waals surface area contributed by atoms with Gasteiger partial charge in [-0.3, -0.25) is 14.9 Å². The number of urea groups is 1. The number of amides is 4. The Hall–Kier alpha value is -2.51. The summed E-state index contributed by atoms with van der Waals surface area (Å²) in [6.45, 7) is 1.59. The first-order valence-corrected chi connectivity index (χ1v) is 8.04. The lowest BCUT2D eigenvalue weighted by Gasteiger charge is -2.21. The zero-order valence-electron chi connectivity index (χ0n) is 13.3. The highest BCUT2D eigenvalue weighted by molar-refractivity contribution is 6.42. The fourth-order valence-electron chi connectivity index (χ4n) is 2.61. The molecule has 1 aromatic heterocycles. The van der Waals surface area contributed by atoms with Crippen LogP contribution in [0.1, 0.15) is 23.0 Å². The molecule has 3 rings (SSSR count). The Balaban J connectivity index is 1.87. The van der Waals surface area contributed by atoms with Gasteiger partial charge in [0.05, 0.1) is 5.02 Å². The van der Waals surface area contributed by atoms with Crippen LogP contribution in [-0.2, 0) is 17.4 Å². The number of nitrogens with one attached hydrogen (secondary N) is 3. The van der Waals surface area contributed by atoms with E-state index in [0.717, 1.165) is 0 Å². The van der Waals surface area contributed by atoms with E-state index in [1.165, 1.54) is 10.6 Å². The van der Waals surface area contributed by atoms with Gasteiger partial charge in [-0.1, -0.05) is 35.3 Å². The van der Waals surface area contributed by atoms with Crippen molar-refractivity contribution < 1.29 is 14.4 Å². The van der Waals surface area contributed by atoms with Gasteiger partial charge < -0.3 is 15.2 Å². The maximum atomic E-state index is 12.4. The van der Waals surface area contributed by atoms with E-state index < -0.39 is 23.4 Å². The van der Waals surface area contributed by atoms with Crippen molar-refractivity contribution in [3.05, 3.63) is 51.8 Å². The first kappa shape index (κ1) is 17.3. The average molecular weight is 381 g/mol. The molecule has 1 aliphatic rings. The average Bonchev–Trinajstić information content (AvgIpc) is 2.98. The molecule has 9 heteroatoms. The molecule has 1 fully saturated rings. The Kier molecular flexibility index (Phi) is 4.22. The van der Waals surface area contributed by atoms with E-state index in [1.54, 1.807) is 38.2 Å². The first-order valence-electron chi connectivity index (χ1n) is 7.28. The third-order valence-electron chi connectivity index (χ3n) is 4.09. The SMILES string of the molecule is Cn1c(C(=O)Nc2cccc([C@@]3(C)NC(=O)NC3=O)c2)cc(Cl)c1Cl. The van der Waals surface area contributed by atoms with Crippen molar-refractivity contribution in [2.75, 3.05) is 5.32 Å². The summed E-state index contributed by atoms with van der Waals surface area (Å²) in [5.41, 5.74) is 0.0938. The minimum Gasteiger partial charge on any atom is -0.329 e. The Bertz CT molecular complexity index is 909. The molecule has 2 aromatic rings. The van der Waals surface area contributed by atoms with Crippen molar-refractivity contribution in [2.45, 2.75) is 12.5 Å². The molecule has 1 saturated heterocycles. The van der Waals surface area contributed by atoms with Crippen LogP contribution in [0.2, 0.25) is 10.2 Å². The zero-order valence-corrected chi connectivity index (χ0v) is 14.8. The fraction of sp³-hybridized carbons (Fsp3) is 0.188. The van der Waals surface area contributed by atoms with Gasteiger partial charge in [-0.25, -0.2) is 4.79 Å². The Labute approximate surface area is 153 Å². The van der Waals surface area contributed by atoms with Crippen LogP contribution < -0.4 is 16.0 Å². The summed E-state index contributed by atoms with van der Waals surface area (Å²) in [5.74, 6) is -0.861. The summed E-state index contributed by atoms with van der Waals surface area (Å²) in [6.07, 6.45) is 0. The number of halogens is 2. The fourth-order valence-corrected chi connectivity index (χ4v) is 2.99. The van der Waals surface area contributed by atoms with Crippen LogP contribution in [0.4, 0.5) is 10.5 Å². The smallest absolute Gasteiger partial charge is 0.322 e. The molecule has 0 saturated carbocycles. The van der Waals surface area contributed by atoms with E-state index in [2.05, 4.69) is 16.0 Å². The summed E-state index contributed by atoms with van der Waals surface area (Å²) < 4.78 is 1.47. The Morgan fingerprint density at radius 3 is 2.52 bits per heavy atom. The number of hydrogen-bond acceptors (Lipinski definition) is 3. The number of carbonyl (C=O) groups excluding carboxylic acids is 3. The number of anilines is 1. The van der Waals surface area contributed by atoms with E-state index in [-0.39, 0.29) is 10.2 Å². The molecule has 0 unspecified atom stereocenters. The largest absolute Gasteiger partial charge is 0.329 e. The molecule has 130 valence electrons. The van der Waals surface area contributed by atoms with E-state index >= 15 is 0 Å². The number of aromatic nitrogens is 1. The summed E-state index contributed by atoms with van der Waals surface area (Å²) in [7, 11) is 1.62. The number of carbonyl (C=O) groups is 3. The van der Waals surface area contributed by atoms with Crippen molar-refractivity contribution >= 4 is 46.7 Å². The molecule has 1 atom stereocenters. The second-order valence-electron chi connectivity index (χ2n) is 5.80. The van der Waals surface area contributed by atoms with Crippen molar-refractivity contribution in [3.63, 3.8) is 0 Å². The van der Waals surface area contributed by atoms with Gasteiger partial charge in [0, 0.05) is 12.7 Å². The zero-order chi connectivity index (χ0) is 18.4. The molecule has 4 amide bonds. The van der Waals surface area contributed by atoms with Gasteiger partial charge in [0.25, 0.3) is 11.8 Å². The summed E-state index contributed by atoms with van der Waals surface area (Å²) in [4.78, 5) is 35.9. The highest BCUT2D eigenvalue weighted by Gasteiger charge is 2.43. The number of nitrogens with zero attached hydrogens (tertiary/aromatic N) is 1. The molecule has 25 heavy (non-hydrogen) atoms. The lowest BCUT2D eigenvalue weighted by atomic mass is 9.92. The van der Waals surface area contributed by atoms with Crippen LogP contribution in [0.3, 0.4) is 0 Å². The van der Waals surface area contributed by atoms with E-state index in [1.807, 2.05) is 0 Å². The third-order valence-corrected chi connectivity index (χ3v) is 4.93. The van der Waals surface area contributed by atoms with Crippen LogP contribution in [-0.4, -0.2) is 22.4 Å². The third kappa shape index (κ3) is 2.96. The molecule has 0 spiro atoms. The molecule has 1 aliphatic heterocycles. The lowest BCUT2D eigenvalue weighted by molar-refractivity contribution is -0.123. The van der Waals surface area contributed by atoms with Gasteiger partial charge in [0.2, 0.25) is 0 Å². The van der Waals surface area contributed by atoms with Gasteiger partial charge in [-0.15, -0.1) is 0 Å².